The lowest BCUT2D eigenvalue weighted by molar-refractivity contribution is 0.350. The zero-order valence-electron chi connectivity index (χ0n) is 14.7. The van der Waals surface area contributed by atoms with Crippen LogP contribution in [0.25, 0.3) is 0 Å². The molecule has 1 aliphatic rings. The number of nitrogens with zero attached hydrogens (tertiary/aromatic N) is 4. The van der Waals surface area contributed by atoms with Gasteiger partial charge in [-0.3, -0.25) is 4.57 Å². The Bertz CT molecular complexity index is 669. The summed E-state index contributed by atoms with van der Waals surface area (Å²) in [5, 5.41) is 9.89. The number of rotatable bonds is 6. The molecule has 2 atom stereocenters. The van der Waals surface area contributed by atoms with Crippen molar-refractivity contribution in [3.63, 3.8) is 0 Å². The van der Waals surface area contributed by atoms with Gasteiger partial charge in [0.2, 0.25) is 5.95 Å². The second kappa shape index (κ2) is 7.47. The van der Waals surface area contributed by atoms with Crippen molar-refractivity contribution in [3.05, 3.63) is 36.3 Å². The molecular formula is C18H26N4OS. The van der Waals surface area contributed by atoms with E-state index in [1.165, 1.54) is 6.42 Å². The first-order valence-corrected chi connectivity index (χ1v) is 9.49. The van der Waals surface area contributed by atoms with Crippen molar-refractivity contribution in [1.82, 2.24) is 14.8 Å². The average molecular weight is 347 g/mol. The molecule has 3 rings (SSSR count). The van der Waals surface area contributed by atoms with E-state index in [9.17, 15) is 0 Å². The molecule has 5 nitrogen and oxygen atoms in total. The highest BCUT2D eigenvalue weighted by Gasteiger charge is 2.27. The minimum Gasteiger partial charge on any atom is -0.467 e. The maximum atomic E-state index is 5.55. The van der Waals surface area contributed by atoms with Gasteiger partial charge in [0.25, 0.3) is 0 Å². The molecule has 130 valence electrons. The van der Waals surface area contributed by atoms with E-state index in [-0.39, 0.29) is 0 Å². The molecule has 0 aromatic carbocycles. The van der Waals surface area contributed by atoms with Crippen LogP contribution < -0.4 is 4.90 Å². The van der Waals surface area contributed by atoms with Gasteiger partial charge in [-0.05, 0) is 37.3 Å². The molecule has 3 heterocycles. The Hall–Kier alpha value is -1.69. The summed E-state index contributed by atoms with van der Waals surface area (Å²) in [6.45, 7) is 13.4. The summed E-state index contributed by atoms with van der Waals surface area (Å²) in [5.74, 6) is 4.08. The van der Waals surface area contributed by atoms with Crippen LogP contribution in [0, 0.1) is 11.8 Å². The van der Waals surface area contributed by atoms with Crippen molar-refractivity contribution in [2.75, 3.05) is 23.7 Å². The molecule has 0 aliphatic carbocycles. The topological polar surface area (TPSA) is 47.1 Å². The lowest BCUT2D eigenvalue weighted by Crippen LogP contribution is -2.40. The first-order chi connectivity index (χ1) is 11.5. The van der Waals surface area contributed by atoms with E-state index in [4.69, 9.17) is 4.42 Å². The Labute approximate surface area is 148 Å². The number of furan rings is 1. The molecule has 2 aromatic rings. The van der Waals surface area contributed by atoms with Gasteiger partial charge in [0.1, 0.15) is 5.76 Å². The van der Waals surface area contributed by atoms with Gasteiger partial charge in [-0.2, -0.15) is 0 Å². The van der Waals surface area contributed by atoms with E-state index in [1.54, 1.807) is 18.0 Å². The number of hydrogen-bond acceptors (Lipinski definition) is 5. The average Bonchev–Trinajstić information content (AvgIpc) is 3.14. The van der Waals surface area contributed by atoms with E-state index >= 15 is 0 Å². The highest BCUT2D eigenvalue weighted by molar-refractivity contribution is 7.99. The van der Waals surface area contributed by atoms with Crippen LogP contribution in [0.2, 0.25) is 0 Å². The van der Waals surface area contributed by atoms with Crippen LogP contribution >= 0.6 is 11.8 Å². The van der Waals surface area contributed by atoms with Gasteiger partial charge in [-0.25, -0.2) is 0 Å². The fourth-order valence-corrected chi connectivity index (χ4v) is 4.11. The van der Waals surface area contributed by atoms with Gasteiger partial charge in [-0.15, -0.1) is 10.2 Å². The number of hydrogen-bond donors (Lipinski definition) is 0. The van der Waals surface area contributed by atoms with E-state index in [1.807, 2.05) is 19.1 Å². The van der Waals surface area contributed by atoms with Crippen molar-refractivity contribution in [2.24, 2.45) is 11.8 Å². The molecule has 6 heteroatoms. The minimum atomic E-state index is 0.660. The van der Waals surface area contributed by atoms with Crippen molar-refractivity contribution in [3.8, 4) is 0 Å². The Morgan fingerprint density at radius 1 is 1.33 bits per heavy atom. The first kappa shape index (κ1) is 17.1. The molecular weight excluding hydrogens is 320 g/mol. The van der Waals surface area contributed by atoms with Crippen LogP contribution in [0.1, 0.15) is 33.0 Å². The summed E-state index contributed by atoms with van der Waals surface area (Å²) in [4.78, 5) is 2.37. The van der Waals surface area contributed by atoms with Crippen LogP contribution in [0.15, 0.2) is 40.1 Å². The maximum absolute atomic E-state index is 5.55. The van der Waals surface area contributed by atoms with Crippen LogP contribution in [-0.4, -0.2) is 33.6 Å². The van der Waals surface area contributed by atoms with E-state index in [2.05, 4.69) is 40.1 Å². The predicted molar refractivity (Wildman–Crippen MR) is 98.5 cm³/mol. The molecule has 0 bridgehead atoms. The van der Waals surface area contributed by atoms with Crippen molar-refractivity contribution < 1.29 is 4.42 Å². The zero-order chi connectivity index (χ0) is 17.1. The van der Waals surface area contributed by atoms with Gasteiger partial charge < -0.3 is 9.32 Å². The Morgan fingerprint density at radius 2 is 2.08 bits per heavy atom. The number of aromatic nitrogens is 3. The summed E-state index contributed by atoms with van der Waals surface area (Å²) in [5.41, 5.74) is 1.13. The molecule has 0 spiro atoms. The Balaban J connectivity index is 1.88. The molecule has 24 heavy (non-hydrogen) atoms. The quantitative estimate of drug-likeness (QED) is 0.583. The van der Waals surface area contributed by atoms with E-state index < -0.39 is 0 Å². The SMILES string of the molecule is C=C(C)CSc1nnc(N2C[C@@H](C)C[C@H](C)C2)n1Cc1ccco1. The summed E-state index contributed by atoms with van der Waals surface area (Å²) in [7, 11) is 0. The van der Waals surface area contributed by atoms with Crippen LogP contribution in [-0.2, 0) is 6.54 Å². The van der Waals surface area contributed by atoms with Crippen LogP contribution in [0.5, 0.6) is 0 Å². The standard InChI is InChI=1S/C18H26N4OS/c1-13(2)12-24-18-20-19-17(21-9-14(3)8-15(4)10-21)22(18)11-16-6-5-7-23-16/h5-7,14-15H,1,8-12H2,2-4H3/t14-,15-/m0/s1. The number of piperidine rings is 1. The van der Waals surface area contributed by atoms with Crippen molar-refractivity contribution >= 4 is 17.7 Å². The van der Waals surface area contributed by atoms with Crippen LogP contribution in [0.3, 0.4) is 0 Å². The van der Waals surface area contributed by atoms with Crippen molar-refractivity contribution in [2.45, 2.75) is 38.9 Å². The van der Waals surface area contributed by atoms with Gasteiger partial charge in [0.15, 0.2) is 5.16 Å². The molecule has 1 aliphatic heterocycles. The highest BCUT2D eigenvalue weighted by Crippen LogP contribution is 2.29. The highest BCUT2D eigenvalue weighted by atomic mass is 32.2. The molecule has 0 radical (unpaired) electrons. The fourth-order valence-electron chi connectivity index (χ4n) is 3.33. The maximum Gasteiger partial charge on any atom is 0.228 e. The third-order valence-corrected chi connectivity index (χ3v) is 5.39. The third kappa shape index (κ3) is 4.04. The summed E-state index contributed by atoms with van der Waals surface area (Å²) >= 11 is 1.68. The molecule has 2 aromatic heterocycles. The van der Waals surface area contributed by atoms with Crippen LogP contribution in [0.4, 0.5) is 5.95 Å². The van der Waals surface area contributed by atoms with E-state index in [0.717, 1.165) is 41.3 Å². The van der Waals surface area contributed by atoms with Gasteiger partial charge in [0, 0.05) is 18.8 Å². The Morgan fingerprint density at radius 3 is 2.71 bits per heavy atom. The Kier molecular flexibility index (Phi) is 5.33. The summed E-state index contributed by atoms with van der Waals surface area (Å²) < 4.78 is 7.73. The monoisotopic (exact) mass is 346 g/mol. The normalized spacial score (nSPS) is 21.2. The second-order valence-corrected chi connectivity index (χ2v) is 7.99. The fraction of sp³-hybridized carbons (Fsp3) is 0.556. The molecule has 0 saturated carbocycles. The van der Waals surface area contributed by atoms with Crippen molar-refractivity contribution in [1.29, 1.82) is 0 Å². The minimum absolute atomic E-state index is 0.660. The predicted octanol–water partition coefficient (Wildman–Crippen LogP) is 4.07. The number of anilines is 1. The molecule has 1 saturated heterocycles. The van der Waals surface area contributed by atoms with Gasteiger partial charge in [-0.1, -0.05) is 37.8 Å². The lowest BCUT2D eigenvalue weighted by Gasteiger charge is -2.35. The molecule has 0 amide bonds. The van der Waals surface area contributed by atoms with Gasteiger partial charge in [0.05, 0.1) is 12.8 Å². The largest absolute Gasteiger partial charge is 0.467 e. The van der Waals surface area contributed by atoms with Gasteiger partial charge >= 0.3 is 0 Å². The zero-order valence-corrected chi connectivity index (χ0v) is 15.6. The van der Waals surface area contributed by atoms with E-state index in [0.29, 0.717) is 18.4 Å². The second-order valence-electron chi connectivity index (χ2n) is 7.04. The molecule has 0 N–H and O–H groups in total. The summed E-state index contributed by atoms with van der Waals surface area (Å²) in [6, 6.07) is 3.92. The smallest absolute Gasteiger partial charge is 0.228 e. The third-order valence-electron chi connectivity index (χ3n) is 4.19. The molecule has 1 fully saturated rings. The molecule has 0 unspecified atom stereocenters. The number of thioether (sulfide) groups is 1. The lowest BCUT2D eigenvalue weighted by atomic mass is 9.92. The summed E-state index contributed by atoms with van der Waals surface area (Å²) in [6.07, 6.45) is 2.99. The first-order valence-electron chi connectivity index (χ1n) is 8.50.